The van der Waals surface area contributed by atoms with Crippen LogP contribution in [0, 0.1) is 18.7 Å². The monoisotopic (exact) mass is 367 g/mol. The number of benzene rings is 2. The maximum absolute atomic E-state index is 13.4. The average Bonchev–Trinajstić information content (AvgIpc) is 3.15. The molecule has 0 saturated heterocycles. The third kappa shape index (κ3) is 4.39. The van der Waals surface area contributed by atoms with Gasteiger partial charge in [0.2, 0.25) is 11.7 Å². The highest BCUT2D eigenvalue weighted by Crippen LogP contribution is 2.26. The minimum atomic E-state index is -0.461. The summed E-state index contributed by atoms with van der Waals surface area (Å²) in [6.07, 6.45) is 0.802. The molecule has 27 heavy (non-hydrogen) atoms. The second-order valence-electron chi connectivity index (χ2n) is 6.67. The van der Waals surface area contributed by atoms with Crippen molar-refractivity contribution in [3.63, 3.8) is 0 Å². The first-order valence-electron chi connectivity index (χ1n) is 8.95. The van der Waals surface area contributed by atoms with Gasteiger partial charge >= 0.3 is 0 Å². The predicted molar refractivity (Wildman–Crippen MR) is 101 cm³/mol. The van der Waals surface area contributed by atoms with Crippen LogP contribution in [0.15, 0.2) is 53.1 Å². The molecule has 140 valence electrons. The molecule has 0 radical (unpaired) electrons. The average molecular weight is 367 g/mol. The molecule has 1 N–H and O–H groups in total. The molecule has 0 aliphatic heterocycles. The van der Waals surface area contributed by atoms with Gasteiger partial charge in [0.15, 0.2) is 0 Å². The van der Waals surface area contributed by atoms with Crippen molar-refractivity contribution in [1.82, 2.24) is 15.5 Å². The molecule has 5 nitrogen and oxygen atoms in total. The van der Waals surface area contributed by atoms with Crippen LogP contribution in [0.3, 0.4) is 0 Å². The summed E-state index contributed by atoms with van der Waals surface area (Å²) in [4.78, 5) is 17.0. The molecule has 0 spiro atoms. The molecule has 1 heterocycles. The summed E-state index contributed by atoms with van der Waals surface area (Å²) in [7, 11) is 0. The first-order chi connectivity index (χ1) is 13.0. The third-order valence-corrected chi connectivity index (χ3v) is 4.57. The lowest BCUT2D eigenvalue weighted by Gasteiger charge is -2.20. The van der Waals surface area contributed by atoms with E-state index in [1.165, 1.54) is 18.2 Å². The second-order valence-corrected chi connectivity index (χ2v) is 6.67. The van der Waals surface area contributed by atoms with Crippen molar-refractivity contribution in [1.29, 1.82) is 0 Å². The molecule has 1 aromatic heterocycles. The minimum absolute atomic E-state index is 0.0633. The SMILES string of the molecule is CCC(C)C(NC(=O)c1cccc(F)c1)c1nc(-c2cccc(C)c2)no1. The van der Waals surface area contributed by atoms with Gasteiger partial charge in [-0.1, -0.05) is 55.3 Å². The van der Waals surface area contributed by atoms with E-state index in [-0.39, 0.29) is 17.4 Å². The van der Waals surface area contributed by atoms with Crippen molar-refractivity contribution in [2.75, 3.05) is 0 Å². The Morgan fingerprint density at radius 1 is 1.22 bits per heavy atom. The number of nitrogens with one attached hydrogen (secondary N) is 1. The molecule has 0 aliphatic carbocycles. The van der Waals surface area contributed by atoms with E-state index >= 15 is 0 Å². The quantitative estimate of drug-likeness (QED) is 0.686. The van der Waals surface area contributed by atoms with Gasteiger partial charge in [0.05, 0.1) is 0 Å². The largest absolute Gasteiger partial charge is 0.340 e. The maximum Gasteiger partial charge on any atom is 0.252 e. The Bertz CT molecular complexity index is 938. The highest BCUT2D eigenvalue weighted by Gasteiger charge is 2.27. The molecule has 0 bridgehead atoms. The van der Waals surface area contributed by atoms with Gasteiger partial charge in [-0.05, 0) is 37.1 Å². The van der Waals surface area contributed by atoms with Crippen LogP contribution < -0.4 is 5.32 Å². The predicted octanol–water partition coefficient (Wildman–Crippen LogP) is 4.70. The summed E-state index contributed by atoms with van der Waals surface area (Å²) in [6, 6.07) is 12.9. The van der Waals surface area contributed by atoms with E-state index in [0.29, 0.717) is 11.7 Å². The fourth-order valence-electron chi connectivity index (χ4n) is 2.80. The number of nitrogens with zero attached hydrogens (tertiary/aromatic N) is 2. The van der Waals surface area contributed by atoms with E-state index < -0.39 is 11.9 Å². The molecule has 0 aliphatic rings. The van der Waals surface area contributed by atoms with Crippen molar-refractivity contribution < 1.29 is 13.7 Å². The zero-order valence-corrected chi connectivity index (χ0v) is 15.6. The van der Waals surface area contributed by atoms with Crippen LogP contribution in [0.2, 0.25) is 0 Å². The number of hydrogen-bond donors (Lipinski definition) is 1. The zero-order chi connectivity index (χ0) is 19.4. The Balaban J connectivity index is 1.86. The molecular weight excluding hydrogens is 345 g/mol. The van der Waals surface area contributed by atoms with E-state index in [4.69, 9.17) is 4.52 Å². The van der Waals surface area contributed by atoms with Gasteiger partial charge in [0.1, 0.15) is 11.9 Å². The van der Waals surface area contributed by atoms with Gasteiger partial charge in [-0.3, -0.25) is 4.79 Å². The molecule has 2 aromatic carbocycles. The lowest BCUT2D eigenvalue weighted by atomic mass is 9.98. The first kappa shape index (κ1) is 18.8. The molecule has 2 unspecified atom stereocenters. The standard InChI is InChI=1S/C21H22FN3O2/c1-4-14(3)18(23-20(26)16-9-6-10-17(22)12-16)21-24-19(25-27-21)15-8-5-7-13(2)11-15/h5-12,14,18H,4H2,1-3H3,(H,23,26). The lowest BCUT2D eigenvalue weighted by Crippen LogP contribution is -2.32. The van der Waals surface area contributed by atoms with E-state index in [0.717, 1.165) is 17.5 Å². The number of aromatic nitrogens is 2. The van der Waals surface area contributed by atoms with E-state index in [1.54, 1.807) is 6.07 Å². The minimum Gasteiger partial charge on any atom is -0.340 e. The molecule has 0 saturated carbocycles. The van der Waals surface area contributed by atoms with Gasteiger partial charge in [-0.15, -0.1) is 0 Å². The van der Waals surface area contributed by atoms with Gasteiger partial charge in [-0.25, -0.2) is 4.39 Å². The van der Waals surface area contributed by atoms with Crippen molar-refractivity contribution in [3.05, 3.63) is 71.4 Å². The van der Waals surface area contributed by atoms with Crippen LogP contribution >= 0.6 is 0 Å². The highest BCUT2D eigenvalue weighted by atomic mass is 19.1. The van der Waals surface area contributed by atoms with Crippen LogP contribution in [-0.2, 0) is 0 Å². The van der Waals surface area contributed by atoms with Crippen molar-refractivity contribution in [2.45, 2.75) is 33.2 Å². The lowest BCUT2D eigenvalue weighted by molar-refractivity contribution is 0.0909. The Morgan fingerprint density at radius 2 is 2.00 bits per heavy atom. The number of carbonyl (C=O) groups excluding carboxylic acids is 1. The summed E-state index contributed by atoms with van der Waals surface area (Å²) >= 11 is 0. The summed E-state index contributed by atoms with van der Waals surface area (Å²) in [6.45, 7) is 6.00. The number of aryl methyl sites for hydroxylation is 1. The van der Waals surface area contributed by atoms with Crippen molar-refractivity contribution in [3.8, 4) is 11.4 Å². The molecule has 3 aromatic rings. The number of rotatable bonds is 6. The Kier molecular flexibility index (Phi) is 5.64. The van der Waals surface area contributed by atoms with Crippen LogP contribution in [0.5, 0.6) is 0 Å². The molecular formula is C21H22FN3O2. The summed E-state index contributed by atoms with van der Waals surface area (Å²) < 4.78 is 18.9. The summed E-state index contributed by atoms with van der Waals surface area (Å²) in [5, 5.41) is 6.96. The second kappa shape index (κ2) is 8.12. The third-order valence-electron chi connectivity index (χ3n) is 4.57. The highest BCUT2D eigenvalue weighted by molar-refractivity contribution is 5.94. The zero-order valence-electron chi connectivity index (χ0n) is 15.6. The molecule has 0 fully saturated rings. The maximum atomic E-state index is 13.4. The number of carbonyl (C=O) groups is 1. The van der Waals surface area contributed by atoms with Crippen molar-refractivity contribution >= 4 is 5.91 Å². The fraction of sp³-hybridized carbons (Fsp3) is 0.286. The van der Waals surface area contributed by atoms with Crippen LogP contribution in [0.25, 0.3) is 11.4 Å². The van der Waals surface area contributed by atoms with E-state index in [2.05, 4.69) is 15.5 Å². The molecule has 6 heteroatoms. The van der Waals surface area contributed by atoms with Gasteiger partial charge in [-0.2, -0.15) is 4.98 Å². The number of hydrogen-bond acceptors (Lipinski definition) is 4. The Labute approximate surface area is 157 Å². The topological polar surface area (TPSA) is 68.0 Å². The summed E-state index contributed by atoms with van der Waals surface area (Å²) in [5.41, 5.74) is 2.20. The fourth-order valence-corrected chi connectivity index (χ4v) is 2.80. The van der Waals surface area contributed by atoms with Crippen molar-refractivity contribution in [2.24, 2.45) is 5.92 Å². The smallest absolute Gasteiger partial charge is 0.252 e. The number of halogens is 1. The van der Waals surface area contributed by atoms with Crippen LogP contribution in [0.4, 0.5) is 4.39 Å². The van der Waals surface area contributed by atoms with Crippen LogP contribution in [-0.4, -0.2) is 16.0 Å². The number of amides is 1. The van der Waals surface area contributed by atoms with Crippen LogP contribution in [0.1, 0.15) is 48.1 Å². The first-order valence-corrected chi connectivity index (χ1v) is 8.95. The Hall–Kier alpha value is -3.02. The molecule has 1 amide bonds. The molecule has 3 rings (SSSR count). The van der Waals surface area contributed by atoms with E-state index in [9.17, 15) is 9.18 Å². The molecule has 2 atom stereocenters. The van der Waals surface area contributed by atoms with E-state index in [1.807, 2.05) is 45.0 Å². The summed E-state index contributed by atoms with van der Waals surface area (Å²) in [5.74, 6) is 0.0401. The van der Waals surface area contributed by atoms with Gasteiger partial charge in [0.25, 0.3) is 5.91 Å². The normalized spacial score (nSPS) is 13.2. The Morgan fingerprint density at radius 3 is 2.70 bits per heavy atom. The van der Waals surface area contributed by atoms with Gasteiger partial charge < -0.3 is 9.84 Å². The van der Waals surface area contributed by atoms with Gasteiger partial charge in [0, 0.05) is 11.1 Å².